The molecule has 1 aromatic heterocycles. The quantitative estimate of drug-likeness (QED) is 0.183. The Balaban J connectivity index is 1.82. The Kier molecular flexibility index (Phi) is 8.82. The first-order valence-corrected chi connectivity index (χ1v) is 13.0. The number of aromatic nitrogens is 1. The number of carboxylic acid groups (broad SMARTS) is 1. The van der Waals surface area contributed by atoms with Gasteiger partial charge in [0.2, 0.25) is 0 Å². The fourth-order valence-corrected chi connectivity index (χ4v) is 4.78. The molecule has 0 fully saturated rings. The molecule has 7 nitrogen and oxygen atoms in total. The van der Waals surface area contributed by atoms with Crippen LogP contribution in [-0.2, 0) is 11.3 Å². The highest BCUT2D eigenvalue weighted by atomic mass is 35.5. The summed E-state index contributed by atoms with van der Waals surface area (Å²) in [6.45, 7) is 3.58. The number of hydrogen-bond acceptors (Lipinski definition) is 5. The molecule has 1 heterocycles. The predicted octanol–water partition coefficient (Wildman–Crippen LogP) is 7.42. The van der Waals surface area contributed by atoms with Crippen LogP contribution in [0.2, 0.25) is 5.02 Å². The molecule has 4 rings (SSSR count). The van der Waals surface area contributed by atoms with Gasteiger partial charge in [-0.05, 0) is 73.5 Å². The minimum atomic E-state index is -4.91. The third-order valence-corrected chi connectivity index (χ3v) is 6.93. The van der Waals surface area contributed by atoms with Crippen molar-refractivity contribution in [3.8, 4) is 17.2 Å². The van der Waals surface area contributed by atoms with Gasteiger partial charge < -0.3 is 23.9 Å². The number of ketones is 1. The van der Waals surface area contributed by atoms with Crippen LogP contribution >= 0.6 is 11.6 Å². The Hall–Kier alpha value is -4.18. The van der Waals surface area contributed by atoms with Gasteiger partial charge in [-0.15, -0.1) is 13.2 Å². The van der Waals surface area contributed by atoms with E-state index in [1.54, 1.807) is 54.0 Å². The second kappa shape index (κ2) is 12.1. The Labute approximate surface area is 239 Å². The number of halogens is 4. The lowest BCUT2D eigenvalue weighted by Gasteiger charge is -2.17. The number of aliphatic carboxylic acids is 1. The summed E-state index contributed by atoms with van der Waals surface area (Å²) in [7, 11) is 1.51. The van der Waals surface area contributed by atoms with Crippen molar-refractivity contribution in [1.82, 2.24) is 4.57 Å². The third-order valence-electron chi connectivity index (χ3n) is 6.56. The number of methoxy groups -OCH3 is 1. The highest BCUT2D eigenvalue weighted by molar-refractivity contribution is 6.31. The number of rotatable bonds is 11. The molecule has 0 radical (unpaired) electrons. The summed E-state index contributed by atoms with van der Waals surface area (Å²) in [6, 6.07) is 15.0. The molecule has 0 aliphatic heterocycles. The molecule has 0 bridgehead atoms. The molecule has 1 unspecified atom stereocenters. The maximum Gasteiger partial charge on any atom is 0.573 e. The SMILES string of the molecule is CCCC(Oc1ccc(Cl)c(Cn2c(C)c(C(=O)c3ccc(OC)cc3)c3ccc(OC(F)(F)F)cc32)c1)C(=O)O. The number of carbonyl (C=O) groups excluding carboxylic acids is 1. The number of nitrogens with zero attached hydrogens (tertiary/aromatic N) is 1. The lowest BCUT2D eigenvalue weighted by atomic mass is 10.0. The van der Waals surface area contributed by atoms with Gasteiger partial charge in [0.25, 0.3) is 0 Å². The highest BCUT2D eigenvalue weighted by Gasteiger charge is 2.32. The number of benzene rings is 3. The minimum absolute atomic E-state index is 0.0508. The second-order valence-electron chi connectivity index (χ2n) is 9.32. The standard InChI is InChI=1S/C30H27ClF3NO6/c1-4-5-26(29(37)38)40-21-11-13-24(31)19(14-21)16-35-17(2)27(28(36)18-6-8-20(39-3)9-7-18)23-12-10-22(15-25(23)35)41-30(32,33)34/h6-15,26H,4-5,16H2,1-3H3,(H,37,38). The summed E-state index contributed by atoms with van der Waals surface area (Å²) >= 11 is 6.48. The van der Waals surface area contributed by atoms with Gasteiger partial charge in [-0.25, -0.2) is 4.79 Å². The lowest BCUT2D eigenvalue weighted by molar-refractivity contribution is -0.274. The summed E-state index contributed by atoms with van der Waals surface area (Å²) in [6.07, 6.45) is -5.07. The fourth-order valence-electron chi connectivity index (χ4n) is 4.61. The first-order valence-electron chi connectivity index (χ1n) is 12.7. The van der Waals surface area contributed by atoms with E-state index in [0.717, 1.165) is 6.07 Å². The molecule has 0 amide bonds. The molecule has 0 saturated heterocycles. The van der Waals surface area contributed by atoms with E-state index >= 15 is 0 Å². The van der Waals surface area contributed by atoms with E-state index in [0.29, 0.717) is 56.9 Å². The topological polar surface area (TPSA) is 87.0 Å². The average molecular weight is 590 g/mol. The van der Waals surface area contributed by atoms with Crippen LogP contribution in [0.5, 0.6) is 17.2 Å². The summed E-state index contributed by atoms with van der Waals surface area (Å²) in [5.41, 5.74) is 1.99. The molecule has 3 aromatic carbocycles. The molecular weight excluding hydrogens is 563 g/mol. The maximum absolute atomic E-state index is 13.7. The molecule has 0 aliphatic rings. The number of fused-ring (bicyclic) bond motifs is 1. The van der Waals surface area contributed by atoms with Crippen molar-refractivity contribution in [1.29, 1.82) is 0 Å². The van der Waals surface area contributed by atoms with Crippen LogP contribution in [0.4, 0.5) is 13.2 Å². The number of alkyl halides is 3. The van der Waals surface area contributed by atoms with Crippen molar-refractivity contribution in [2.24, 2.45) is 0 Å². The molecule has 1 N–H and O–H groups in total. The zero-order chi connectivity index (χ0) is 29.9. The molecule has 1 atom stereocenters. The first-order chi connectivity index (χ1) is 19.4. The molecule has 11 heteroatoms. The zero-order valence-corrected chi connectivity index (χ0v) is 23.2. The number of hydrogen-bond donors (Lipinski definition) is 1. The van der Waals surface area contributed by atoms with Crippen LogP contribution in [-0.4, -0.2) is 41.0 Å². The van der Waals surface area contributed by atoms with Gasteiger partial charge in [-0.3, -0.25) is 4.79 Å². The summed E-state index contributed by atoms with van der Waals surface area (Å²) < 4.78 is 55.8. The van der Waals surface area contributed by atoms with Gasteiger partial charge in [0.15, 0.2) is 11.9 Å². The van der Waals surface area contributed by atoms with E-state index in [-0.39, 0.29) is 18.1 Å². The summed E-state index contributed by atoms with van der Waals surface area (Å²) in [4.78, 5) is 25.3. The van der Waals surface area contributed by atoms with Crippen molar-refractivity contribution >= 4 is 34.3 Å². The van der Waals surface area contributed by atoms with E-state index in [1.165, 1.54) is 19.2 Å². The van der Waals surface area contributed by atoms with Crippen molar-refractivity contribution in [2.45, 2.75) is 45.7 Å². The molecule has 0 spiro atoms. The van der Waals surface area contributed by atoms with E-state index < -0.39 is 24.2 Å². The number of carbonyl (C=O) groups is 2. The molecule has 4 aromatic rings. The zero-order valence-electron chi connectivity index (χ0n) is 22.4. The van der Waals surface area contributed by atoms with Gasteiger partial charge >= 0.3 is 12.3 Å². The van der Waals surface area contributed by atoms with Crippen molar-refractivity contribution < 1.29 is 42.1 Å². The van der Waals surface area contributed by atoms with Crippen LogP contribution in [0.15, 0.2) is 60.7 Å². The van der Waals surface area contributed by atoms with E-state index in [2.05, 4.69) is 4.74 Å². The van der Waals surface area contributed by atoms with Crippen LogP contribution < -0.4 is 14.2 Å². The van der Waals surface area contributed by atoms with Crippen molar-refractivity contribution in [2.75, 3.05) is 7.11 Å². The summed E-state index contributed by atoms with van der Waals surface area (Å²) in [5.74, 6) is -1.04. The number of carboxylic acids is 1. The molecular formula is C30H27ClF3NO6. The lowest BCUT2D eigenvalue weighted by Crippen LogP contribution is -2.26. The van der Waals surface area contributed by atoms with Gasteiger partial charge in [-0.2, -0.15) is 0 Å². The monoisotopic (exact) mass is 589 g/mol. The summed E-state index contributed by atoms with van der Waals surface area (Å²) in [5, 5.41) is 10.2. The van der Waals surface area contributed by atoms with Crippen LogP contribution in [0, 0.1) is 6.92 Å². The van der Waals surface area contributed by atoms with Gasteiger partial charge in [-0.1, -0.05) is 24.9 Å². The highest BCUT2D eigenvalue weighted by Crippen LogP contribution is 2.35. The molecule has 216 valence electrons. The third kappa shape index (κ3) is 6.77. The van der Waals surface area contributed by atoms with Gasteiger partial charge in [0.1, 0.15) is 17.2 Å². The largest absolute Gasteiger partial charge is 0.573 e. The maximum atomic E-state index is 13.7. The van der Waals surface area contributed by atoms with Gasteiger partial charge in [0.05, 0.1) is 18.2 Å². The normalized spacial score (nSPS) is 12.3. The smallest absolute Gasteiger partial charge is 0.497 e. The van der Waals surface area contributed by atoms with Crippen molar-refractivity contribution in [3.63, 3.8) is 0 Å². The fraction of sp³-hybridized carbons (Fsp3) is 0.267. The predicted molar refractivity (Wildman–Crippen MR) is 147 cm³/mol. The number of ether oxygens (including phenoxy) is 3. The minimum Gasteiger partial charge on any atom is -0.497 e. The molecule has 41 heavy (non-hydrogen) atoms. The van der Waals surface area contributed by atoms with Crippen molar-refractivity contribution in [3.05, 3.63) is 88.1 Å². The molecule has 0 saturated carbocycles. The first kappa shape index (κ1) is 29.8. The van der Waals surface area contributed by atoms with Crippen LogP contribution in [0.3, 0.4) is 0 Å². The second-order valence-corrected chi connectivity index (χ2v) is 9.72. The van der Waals surface area contributed by atoms with E-state index in [1.807, 2.05) is 6.92 Å². The average Bonchev–Trinajstić information content (AvgIpc) is 3.19. The Bertz CT molecular complexity index is 1580. The van der Waals surface area contributed by atoms with Gasteiger partial charge in [0, 0.05) is 34.3 Å². The van der Waals surface area contributed by atoms with E-state index in [4.69, 9.17) is 21.1 Å². The Morgan fingerprint density at radius 1 is 1.00 bits per heavy atom. The van der Waals surface area contributed by atoms with E-state index in [9.17, 15) is 27.9 Å². The van der Waals surface area contributed by atoms with Crippen LogP contribution in [0.1, 0.15) is 46.9 Å². The Morgan fingerprint density at radius 2 is 1.66 bits per heavy atom. The Morgan fingerprint density at radius 3 is 2.27 bits per heavy atom. The van der Waals surface area contributed by atoms with Crippen LogP contribution in [0.25, 0.3) is 10.9 Å². The molecule has 0 aliphatic carbocycles.